The van der Waals surface area contributed by atoms with Crippen LogP contribution in [0, 0.1) is 0 Å². The second-order valence-electron chi connectivity index (χ2n) is 32.7. The number of fused-ring (bicyclic) bond motifs is 10. The van der Waals surface area contributed by atoms with Crippen molar-refractivity contribution < 1.29 is 53.2 Å². The second-order valence-corrected chi connectivity index (χ2v) is 38.8. The summed E-state index contributed by atoms with van der Waals surface area (Å²) in [5.41, 5.74) is 0.219. The van der Waals surface area contributed by atoms with Gasteiger partial charge in [0.05, 0.1) is 18.8 Å². The van der Waals surface area contributed by atoms with Gasteiger partial charge in [0.15, 0.2) is 0 Å². The van der Waals surface area contributed by atoms with Crippen LogP contribution in [0.4, 0.5) is 36.3 Å². The molecule has 13 aliphatic rings. The third-order valence-electron chi connectivity index (χ3n) is 23.6. The van der Waals surface area contributed by atoms with Crippen molar-refractivity contribution in [1.82, 2.24) is 67.5 Å². The molecule has 570 valence electrons. The molecule has 11 unspecified atom stereocenters. The number of pyridine rings is 1. The third-order valence-corrected chi connectivity index (χ3v) is 29.7. The van der Waals surface area contributed by atoms with E-state index in [4.69, 9.17) is 0 Å². The monoisotopic (exact) mass is 1490 g/mol. The lowest BCUT2D eigenvalue weighted by molar-refractivity contribution is -0.134. The summed E-state index contributed by atoms with van der Waals surface area (Å²) >= 11 is 3.78. The summed E-state index contributed by atoms with van der Waals surface area (Å²) in [4.78, 5) is 65.9. The fourth-order valence-corrected chi connectivity index (χ4v) is 22.9. The molecule has 0 aromatic carbocycles. The van der Waals surface area contributed by atoms with Gasteiger partial charge in [0.25, 0.3) is 5.92 Å². The van der Waals surface area contributed by atoms with E-state index in [2.05, 4.69) is 133 Å². The van der Waals surface area contributed by atoms with Gasteiger partial charge in [-0.25, -0.2) is 40.0 Å². The highest BCUT2D eigenvalue weighted by molar-refractivity contribution is 7.99. The molecule has 1 aromatic rings. The minimum atomic E-state index is -4.29. The van der Waals surface area contributed by atoms with Gasteiger partial charge in [-0.1, -0.05) is 0 Å². The second kappa shape index (κ2) is 32.6. The van der Waals surface area contributed by atoms with Crippen molar-refractivity contribution in [2.75, 3.05) is 123 Å². The highest BCUT2D eigenvalue weighted by atomic mass is 32.2. The van der Waals surface area contributed by atoms with Crippen LogP contribution in [0.2, 0.25) is 0 Å². The Kier molecular flexibility index (Phi) is 25.9. The highest BCUT2D eigenvalue weighted by Crippen LogP contribution is 2.41. The van der Waals surface area contributed by atoms with Gasteiger partial charge in [-0.3, -0.25) is 29.5 Å². The van der Waals surface area contributed by atoms with Crippen molar-refractivity contribution in [3.63, 3.8) is 0 Å². The summed E-state index contributed by atoms with van der Waals surface area (Å²) in [5, 5.41) is 1.31. The molecule has 21 nitrogen and oxygen atoms in total. The van der Waals surface area contributed by atoms with E-state index >= 15 is 0 Å². The number of aromatic nitrogens is 1. The van der Waals surface area contributed by atoms with Crippen molar-refractivity contribution in [2.45, 2.75) is 277 Å². The van der Waals surface area contributed by atoms with E-state index in [1.807, 2.05) is 33.3 Å². The summed E-state index contributed by atoms with van der Waals surface area (Å²) in [5.74, 6) is -3.07. The number of sulfonamides is 2. The molecular formula is C70H119F5N14O7S4. The number of carbonyl (C=O) groups is 3. The number of piperazine rings is 5. The largest absolute Gasteiger partial charge is 0.389 e. The number of urea groups is 3. The molecular weight excluding hydrogens is 1370 g/mol. The number of hydrogen-bond donors (Lipinski definition) is 0. The van der Waals surface area contributed by atoms with Crippen molar-refractivity contribution in [3.8, 4) is 0 Å². The van der Waals surface area contributed by atoms with Gasteiger partial charge in [0.1, 0.15) is 4.90 Å². The predicted molar refractivity (Wildman–Crippen MR) is 387 cm³/mol. The number of halogens is 5. The van der Waals surface area contributed by atoms with Crippen molar-refractivity contribution >= 4 is 61.7 Å². The van der Waals surface area contributed by atoms with Gasteiger partial charge in [-0.2, -0.15) is 45.3 Å². The Morgan fingerprint density at radius 2 is 0.870 bits per heavy atom. The molecule has 13 aliphatic heterocycles. The topological polar surface area (TPSA) is 174 Å². The number of hydrogen-bond acceptors (Lipinski definition) is 15. The zero-order valence-electron chi connectivity index (χ0n) is 61.9. The molecule has 10 bridgehead atoms. The first-order chi connectivity index (χ1) is 47.0. The quantitative estimate of drug-likeness (QED) is 0.181. The molecule has 11 atom stereocenters. The maximum absolute atomic E-state index is 12.9. The van der Waals surface area contributed by atoms with Crippen LogP contribution in [-0.4, -0.2) is 338 Å². The Morgan fingerprint density at radius 1 is 0.510 bits per heavy atom. The number of carbonyl (C=O) groups excluding carboxylic acids is 3. The van der Waals surface area contributed by atoms with Crippen LogP contribution in [0.25, 0.3) is 0 Å². The van der Waals surface area contributed by atoms with Crippen LogP contribution < -0.4 is 0 Å². The number of alkyl halides is 5. The van der Waals surface area contributed by atoms with Gasteiger partial charge in [0.2, 0.25) is 20.0 Å². The van der Waals surface area contributed by atoms with E-state index < -0.39 is 57.4 Å². The Balaban J connectivity index is 0.000000135. The molecule has 13 saturated heterocycles. The Labute approximate surface area is 603 Å². The number of rotatable bonds is 12. The van der Waals surface area contributed by atoms with Crippen molar-refractivity contribution in [1.29, 1.82) is 0 Å². The third kappa shape index (κ3) is 18.5. The molecule has 100 heavy (non-hydrogen) atoms. The van der Waals surface area contributed by atoms with E-state index in [1.54, 1.807) is 22.6 Å². The van der Waals surface area contributed by atoms with Crippen LogP contribution in [0.15, 0.2) is 29.4 Å². The molecule has 0 saturated carbocycles. The lowest BCUT2D eigenvalue weighted by Gasteiger charge is -2.49. The standard InChI is InChI=1S/2C15H27N3OS.C14H21N3O2S.C13H23F3N2O2S.C13H21F2N3O/c1-15(2,3)17-7-11-5-6-12(8-17)18(11)14(19)16-9-13(10-16)20-4;1-11(2)17-8-12-4-5-13(9-17)18(12)15(19)16-7-6-14(10-16)20-3;1-11(2)16-9-12-5-6-13(10-16)17(12)20(18,19)14-4-3-7-15-8-14;1-10(2)17-8-11-4-5-12(9-17)18(11)21(19,20)7-3-6-13(14,15)16;1-9(2)16-5-10-3-4-11(6-16)18(10)12(19)17-7-13(14,15)8-17/h11-13H,5-10H2,1-4H3;11-14H,4-10H2,1-3H3;3-4,7-8,11-13H,5-6,9-10H2,1-2H3;10-12H,3-9H2,1-2H3;9-11H,3-8H2,1-2H3. The Bertz CT molecular complexity index is 3060. The number of likely N-dealkylation sites (tertiary alicyclic amines) is 8. The normalized spacial score (nSPS) is 31.2. The van der Waals surface area contributed by atoms with Crippen molar-refractivity contribution in [2.24, 2.45) is 0 Å². The maximum atomic E-state index is 12.9. The zero-order chi connectivity index (χ0) is 72.7. The van der Waals surface area contributed by atoms with Crippen LogP contribution in [0.1, 0.15) is 160 Å². The average molecular weight is 1490 g/mol. The average Bonchev–Trinajstić information content (AvgIpc) is 1.72. The smallest absolute Gasteiger partial charge is 0.323 e. The van der Waals surface area contributed by atoms with E-state index in [0.29, 0.717) is 88.9 Å². The summed E-state index contributed by atoms with van der Waals surface area (Å²) in [6.07, 6.45) is 13.1. The van der Waals surface area contributed by atoms with Crippen molar-refractivity contribution in [3.05, 3.63) is 24.5 Å². The minimum absolute atomic E-state index is 0.0676. The summed E-state index contributed by atoms with van der Waals surface area (Å²) in [6.45, 7) is 36.2. The fraction of sp³-hybridized carbons (Fsp3) is 0.886. The molecule has 0 aliphatic carbocycles. The Hall–Kier alpha value is -3.07. The van der Waals surface area contributed by atoms with Crippen LogP contribution in [-0.2, 0) is 20.0 Å². The van der Waals surface area contributed by atoms with E-state index in [1.165, 1.54) is 41.1 Å². The van der Waals surface area contributed by atoms with Crippen LogP contribution in [0.5, 0.6) is 0 Å². The van der Waals surface area contributed by atoms with E-state index in [-0.39, 0.29) is 54.2 Å². The summed E-state index contributed by atoms with van der Waals surface area (Å²) in [6, 6.07) is 7.97. The number of nitrogens with zero attached hydrogens (tertiary/aromatic N) is 14. The van der Waals surface area contributed by atoms with Crippen LogP contribution in [0.3, 0.4) is 0 Å². The SMILES string of the molecule is CC(C)N1CC2CCC(C1)N2C(=O)N1CC(F)(F)C1.CC(C)N1CC2CCC(C1)N2S(=O)(=O)CCCC(F)(F)F.CC(C)N1CC2CCC(C1)N2S(=O)(=O)c1cccnc1.CSC1CCN(C(=O)N2C3CCC2CN(C(C)C)C3)C1.CSC1CN(C(=O)N2C3CCC2CN(C(C)(C)C)C3)C1. The molecule has 0 radical (unpaired) electrons. The van der Waals surface area contributed by atoms with E-state index in [0.717, 1.165) is 123 Å². The van der Waals surface area contributed by atoms with Gasteiger partial charge < -0.3 is 29.4 Å². The predicted octanol–water partition coefficient (Wildman–Crippen LogP) is 9.36. The minimum Gasteiger partial charge on any atom is -0.323 e. The number of thioether (sulfide) groups is 2. The molecule has 14 heterocycles. The Morgan fingerprint density at radius 3 is 1.22 bits per heavy atom. The van der Waals surface area contributed by atoms with Gasteiger partial charge >= 0.3 is 24.3 Å². The first-order valence-corrected chi connectivity index (χ1v) is 43.0. The molecule has 0 N–H and O–H groups in total. The first kappa shape index (κ1) is 79.5. The molecule has 14 rings (SSSR count). The zero-order valence-corrected chi connectivity index (χ0v) is 65.2. The molecule has 1 aromatic heterocycles. The lowest BCUT2D eigenvalue weighted by atomic mass is 10.0. The molecule has 0 spiro atoms. The first-order valence-electron chi connectivity index (χ1n) is 37.3. The van der Waals surface area contributed by atoms with Crippen LogP contribution >= 0.6 is 23.5 Å². The summed E-state index contributed by atoms with van der Waals surface area (Å²) < 4.78 is 116. The number of amides is 6. The summed E-state index contributed by atoms with van der Waals surface area (Å²) in [7, 11) is -6.99. The molecule has 6 amide bonds. The van der Waals surface area contributed by atoms with E-state index in [9.17, 15) is 53.2 Å². The van der Waals surface area contributed by atoms with Gasteiger partial charge in [0, 0.05) is 211 Å². The fourth-order valence-electron chi connectivity index (χ4n) is 17.7. The van der Waals surface area contributed by atoms with Gasteiger partial charge in [-0.15, -0.1) is 0 Å². The van der Waals surface area contributed by atoms with Gasteiger partial charge in [-0.05, 0) is 178 Å². The highest BCUT2D eigenvalue weighted by Gasteiger charge is 2.54. The molecule has 13 fully saturated rings. The maximum Gasteiger partial charge on any atom is 0.389 e. The lowest BCUT2D eigenvalue weighted by Crippen LogP contribution is -2.66. The molecule has 30 heteroatoms.